The van der Waals surface area contributed by atoms with E-state index in [1.54, 1.807) is 24.3 Å². The van der Waals surface area contributed by atoms with E-state index >= 15 is 0 Å². The van der Waals surface area contributed by atoms with Gasteiger partial charge in [-0.2, -0.15) is 4.31 Å². The van der Waals surface area contributed by atoms with Crippen LogP contribution in [0.4, 0.5) is 0 Å². The lowest BCUT2D eigenvalue weighted by atomic mass is 10.2. The van der Waals surface area contributed by atoms with Gasteiger partial charge in [-0.05, 0) is 38.1 Å². The van der Waals surface area contributed by atoms with E-state index in [1.165, 1.54) is 25.3 Å². The number of primary amides is 1. The van der Waals surface area contributed by atoms with Gasteiger partial charge in [-0.3, -0.25) is 9.59 Å². The summed E-state index contributed by atoms with van der Waals surface area (Å²) in [4.78, 5) is 23.1. The third kappa shape index (κ3) is 4.93. The summed E-state index contributed by atoms with van der Waals surface area (Å²) in [6.07, 6.45) is 0.245. The number of ether oxygens (including phenoxy) is 1. The number of carbonyl (C=O) groups excluding carboxylic acids is 2. The number of sulfonamides is 1. The van der Waals surface area contributed by atoms with Gasteiger partial charge in [-0.1, -0.05) is 17.7 Å². The van der Waals surface area contributed by atoms with Gasteiger partial charge in [0.05, 0.1) is 17.7 Å². The maximum atomic E-state index is 12.9. The second-order valence-electron chi connectivity index (χ2n) is 5.70. The number of hydrogen-bond acceptors (Lipinski definition) is 6. The highest BCUT2D eigenvalue weighted by Gasteiger charge is 2.29. The number of furan rings is 1. The molecule has 1 aromatic heterocycles. The lowest BCUT2D eigenvalue weighted by Crippen LogP contribution is -2.39. The normalized spacial score (nSPS) is 12.7. The standard InChI is InChI=1S/C17H20N2O6S/c1-12-5-7-15(8-6-12)26(22,23)19(10-14-4-3-9-24-14)11-16(20)25-13(2)17(18)21/h3-9,13H,10-11H2,1-2H3,(H2,18,21)/t13-/m1/s1. The molecule has 0 bridgehead atoms. The predicted octanol–water partition coefficient (Wildman–Crippen LogP) is 1.20. The molecule has 8 nitrogen and oxygen atoms in total. The molecule has 0 aliphatic carbocycles. The van der Waals surface area contributed by atoms with Crippen molar-refractivity contribution >= 4 is 21.9 Å². The third-order valence-electron chi connectivity index (χ3n) is 3.59. The molecule has 1 heterocycles. The molecule has 0 saturated heterocycles. The molecule has 1 atom stereocenters. The Hall–Kier alpha value is -2.65. The van der Waals surface area contributed by atoms with Crippen LogP contribution in [-0.2, 0) is 30.9 Å². The summed E-state index contributed by atoms with van der Waals surface area (Å²) in [6.45, 7) is 2.39. The Morgan fingerprint density at radius 3 is 2.42 bits per heavy atom. The average molecular weight is 380 g/mol. The molecule has 9 heteroatoms. The Labute approximate surface area is 151 Å². The van der Waals surface area contributed by atoms with E-state index in [0.29, 0.717) is 5.76 Å². The molecule has 1 amide bonds. The number of rotatable bonds is 8. The van der Waals surface area contributed by atoms with Crippen molar-refractivity contribution < 1.29 is 27.2 Å². The molecule has 1 aromatic carbocycles. The van der Waals surface area contributed by atoms with Crippen molar-refractivity contribution in [1.29, 1.82) is 0 Å². The van der Waals surface area contributed by atoms with E-state index < -0.39 is 34.5 Å². The van der Waals surface area contributed by atoms with Gasteiger partial charge >= 0.3 is 5.97 Å². The monoisotopic (exact) mass is 380 g/mol. The summed E-state index contributed by atoms with van der Waals surface area (Å²) in [5.74, 6) is -1.35. The van der Waals surface area contributed by atoms with Gasteiger partial charge in [0, 0.05) is 0 Å². The Bertz CT molecular complexity index is 859. The van der Waals surface area contributed by atoms with Crippen molar-refractivity contribution in [2.75, 3.05) is 6.54 Å². The van der Waals surface area contributed by atoms with Crippen molar-refractivity contribution in [3.8, 4) is 0 Å². The van der Waals surface area contributed by atoms with Crippen LogP contribution in [0, 0.1) is 6.92 Å². The van der Waals surface area contributed by atoms with Crippen LogP contribution in [0.1, 0.15) is 18.2 Å². The smallest absolute Gasteiger partial charge is 0.322 e. The fourth-order valence-corrected chi connectivity index (χ4v) is 3.45. The molecule has 2 rings (SSSR count). The van der Waals surface area contributed by atoms with Gasteiger partial charge in [0.2, 0.25) is 10.0 Å². The molecule has 2 N–H and O–H groups in total. The second kappa shape index (κ2) is 8.15. The third-order valence-corrected chi connectivity index (χ3v) is 5.39. The summed E-state index contributed by atoms with van der Waals surface area (Å²) in [7, 11) is -3.99. The predicted molar refractivity (Wildman–Crippen MR) is 92.2 cm³/mol. The highest BCUT2D eigenvalue weighted by atomic mass is 32.2. The number of carbonyl (C=O) groups is 2. The minimum atomic E-state index is -3.99. The average Bonchev–Trinajstić information content (AvgIpc) is 3.07. The first kappa shape index (κ1) is 19.7. The maximum Gasteiger partial charge on any atom is 0.322 e. The highest BCUT2D eigenvalue weighted by Crippen LogP contribution is 2.19. The fourth-order valence-electron chi connectivity index (χ4n) is 2.10. The van der Waals surface area contributed by atoms with Gasteiger partial charge in [-0.25, -0.2) is 8.42 Å². The Morgan fingerprint density at radius 1 is 1.23 bits per heavy atom. The zero-order chi connectivity index (χ0) is 19.3. The molecule has 26 heavy (non-hydrogen) atoms. The number of hydrogen-bond donors (Lipinski definition) is 1. The summed E-state index contributed by atoms with van der Waals surface area (Å²) in [5, 5.41) is 0. The maximum absolute atomic E-state index is 12.9. The van der Waals surface area contributed by atoms with Crippen molar-refractivity contribution in [2.24, 2.45) is 5.73 Å². The molecule has 0 unspecified atom stereocenters. The molecule has 0 aliphatic heterocycles. The van der Waals surface area contributed by atoms with Gasteiger partial charge in [0.1, 0.15) is 12.3 Å². The Balaban J connectivity index is 2.26. The lowest BCUT2D eigenvalue weighted by Gasteiger charge is -2.21. The SMILES string of the molecule is Cc1ccc(S(=O)(=O)N(CC(=O)O[C@H](C)C(N)=O)Cc2ccco2)cc1. The van der Waals surface area contributed by atoms with Crippen LogP contribution < -0.4 is 5.73 Å². The minimum absolute atomic E-state index is 0.0328. The quantitative estimate of drug-likeness (QED) is 0.687. The second-order valence-corrected chi connectivity index (χ2v) is 7.64. The first-order valence-electron chi connectivity index (χ1n) is 7.78. The van der Waals surface area contributed by atoms with Crippen LogP contribution in [-0.4, -0.2) is 37.2 Å². The van der Waals surface area contributed by atoms with Crippen molar-refractivity contribution in [1.82, 2.24) is 4.31 Å². The zero-order valence-electron chi connectivity index (χ0n) is 14.4. The van der Waals surface area contributed by atoms with Gasteiger partial charge < -0.3 is 14.9 Å². The molecule has 0 fully saturated rings. The number of nitrogens with two attached hydrogens (primary N) is 1. The molecule has 2 aromatic rings. The molecule has 0 spiro atoms. The van der Waals surface area contributed by atoms with Crippen LogP contribution in [0.5, 0.6) is 0 Å². The summed E-state index contributed by atoms with van der Waals surface area (Å²) in [5.41, 5.74) is 5.95. The van der Waals surface area contributed by atoms with Gasteiger partial charge in [0.15, 0.2) is 6.10 Å². The van der Waals surface area contributed by atoms with E-state index in [4.69, 9.17) is 14.9 Å². The van der Waals surface area contributed by atoms with Crippen LogP contribution in [0.25, 0.3) is 0 Å². The van der Waals surface area contributed by atoms with Crippen LogP contribution in [0.2, 0.25) is 0 Å². The largest absolute Gasteiger partial charge is 0.468 e. The zero-order valence-corrected chi connectivity index (χ0v) is 15.2. The highest BCUT2D eigenvalue weighted by molar-refractivity contribution is 7.89. The van der Waals surface area contributed by atoms with Crippen LogP contribution in [0.3, 0.4) is 0 Å². The van der Waals surface area contributed by atoms with Crippen molar-refractivity contribution in [3.63, 3.8) is 0 Å². The van der Waals surface area contributed by atoms with Gasteiger partial charge in [-0.15, -0.1) is 0 Å². The topological polar surface area (TPSA) is 120 Å². The Kier molecular flexibility index (Phi) is 6.17. The molecular formula is C17H20N2O6S. The first-order chi connectivity index (χ1) is 12.2. The van der Waals surface area contributed by atoms with Crippen molar-refractivity contribution in [3.05, 3.63) is 54.0 Å². The lowest BCUT2D eigenvalue weighted by molar-refractivity contribution is -0.154. The fraction of sp³-hybridized carbons (Fsp3) is 0.294. The van der Waals surface area contributed by atoms with Crippen LogP contribution in [0.15, 0.2) is 52.0 Å². The summed E-state index contributed by atoms with van der Waals surface area (Å²) >= 11 is 0. The van der Waals surface area contributed by atoms with E-state index in [2.05, 4.69) is 0 Å². The van der Waals surface area contributed by atoms with E-state index in [9.17, 15) is 18.0 Å². The number of nitrogens with zero attached hydrogens (tertiary/aromatic N) is 1. The molecule has 140 valence electrons. The number of esters is 1. The van der Waals surface area contributed by atoms with Gasteiger partial charge in [0.25, 0.3) is 5.91 Å². The van der Waals surface area contributed by atoms with E-state index in [1.807, 2.05) is 6.92 Å². The molecule has 0 saturated carbocycles. The van der Waals surface area contributed by atoms with E-state index in [-0.39, 0.29) is 11.4 Å². The summed E-state index contributed by atoms with van der Waals surface area (Å²) < 4.78 is 36.8. The van der Waals surface area contributed by atoms with E-state index in [0.717, 1.165) is 9.87 Å². The molecule has 0 aliphatic rings. The first-order valence-corrected chi connectivity index (χ1v) is 9.22. The number of aryl methyl sites for hydroxylation is 1. The minimum Gasteiger partial charge on any atom is -0.468 e. The Morgan fingerprint density at radius 2 is 1.88 bits per heavy atom. The summed E-state index contributed by atoms with van der Waals surface area (Å²) in [6, 6.07) is 9.43. The van der Waals surface area contributed by atoms with Crippen LogP contribution >= 0.6 is 0 Å². The molecular weight excluding hydrogens is 360 g/mol. The number of amides is 1. The molecule has 0 radical (unpaired) electrons. The number of benzene rings is 1. The van der Waals surface area contributed by atoms with Crippen molar-refractivity contribution in [2.45, 2.75) is 31.4 Å².